The molecule has 7 heteroatoms. The van der Waals surface area contributed by atoms with Crippen molar-refractivity contribution in [3.8, 4) is 17.1 Å². The number of pyridine rings is 2. The van der Waals surface area contributed by atoms with E-state index in [0.717, 1.165) is 33.5 Å². The number of rotatable bonds is 3. The highest BCUT2D eigenvalue weighted by Gasteiger charge is 2.16. The van der Waals surface area contributed by atoms with Crippen LogP contribution in [0.2, 0.25) is 0 Å². The Hall–Kier alpha value is -3.48. The molecule has 130 valence electrons. The van der Waals surface area contributed by atoms with Gasteiger partial charge in [0.15, 0.2) is 5.88 Å². The number of nitrogens with one attached hydrogen (secondary N) is 1. The van der Waals surface area contributed by atoms with Crippen molar-refractivity contribution in [1.29, 1.82) is 0 Å². The summed E-state index contributed by atoms with van der Waals surface area (Å²) in [5.74, 6) is 0.0759. The molecule has 0 bridgehead atoms. The lowest BCUT2D eigenvalue weighted by Crippen LogP contribution is -1.94. The SMILES string of the molecule is CC(=Nc1cnn(C)c1)c1c(O)[nH]c2cnc(-c3cccnc3C)cc12. The highest BCUT2D eigenvalue weighted by atomic mass is 16.3. The number of nitrogens with zero attached hydrogens (tertiary/aromatic N) is 5. The van der Waals surface area contributed by atoms with Gasteiger partial charge in [-0.05, 0) is 32.0 Å². The van der Waals surface area contributed by atoms with E-state index in [4.69, 9.17) is 0 Å². The molecule has 0 aliphatic rings. The van der Waals surface area contributed by atoms with Gasteiger partial charge in [0.1, 0.15) is 5.69 Å². The number of hydrogen-bond acceptors (Lipinski definition) is 5. The van der Waals surface area contributed by atoms with E-state index in [1.54, 1.807) is 23.3 Å². The standard InChI is InChI=1S/C19H18N6O/c1-11-14(5-4-6-20-11)16-7-15-17(9-21-16)24-19(26)18(15)12(2)23-13-8-22-25(3)10-13/h4-10,24,26H,1-3H3. The summed E-state index contributed by atoms with van der Waals surface area (Å²) in [7, 11) is 1.84. The zero-order chi connectivity index (χ0) is 18.3. The Morgan fingerprint density at radius 3 is 2.85 bits per heavy atom. The van der Waals surface area contributed by atoms with E-state index in [-0.39, 0.29) is 5.88 Å². The van der Waals surface area contributed by atoms with Gasteiger partial charge in [-0.15, -0.1) is 0 Å². The van der Waals surface area contributed by atoms with Crippen molar-refractivity contribution in [2.75, 3.05) is 0 Å². The topological polar surface area (TPSA) is 92.0 Å². The van der Waals surface area contributed by atoms with Crippen LogP contribution in [0.4, 0.5) is 5.69 Å². The fourth-order valence-corrected chi connectivity index (χ4v) is 3.06. The van der Waals surface area contributed by atoms with Crippen LogP contribution in [0.3, 0.4) is 0 Å². The van der Waals surface area contributed by atoms with Crippen molar-refractivity contribution >= 4 is 22.3 Å². The number of fused-ring (bicyclic) bond motifs is 1. The molecule has 0 fully saturated rings. The average Bonchev–Trinajstić information content (AvgIpc) is 3.16. The molecule has 7 nitrogen and oxygen atoms in total. The van der Waals surface area contributed by atoms with Gasteiger partial charge in [-0.1, -0.05) is 0 Å². The highest BCUT2D eigenvalue weighted by Crippen LogP contribution is 2.31. The van der Waals surface area contributed by atoms with Gasteiger partial charge in [-0.3, -0.25) is 14.6 Å². The molecular formula is C19H18N6O. The quantitative estimate of drug-likeness (QED) is 0.555. The van der Waals surface area contributed by atoms with Gasteiger partial charge in [0.2, 0.25) is 0 Å². The van der Waals surface area contributed by atoms with Crippen LogP contribution in [-0.4, -0.2) is 35.6 Å². The molecule has 0 aliphatic heterocycles. The molecule has 4 aromatic rings. The predicted molar refractivity (Wildman–Crippen MR) is 101 cm³/mol. The van der Waals surface area contributed by atoms with E-state index in [1.807, 2.05) is 45.3 Å². The third-order valence-electron chi connectivity index (χ3n) is 4.30. The van der Waals surface area contributed by atoms with Crippen molar-refractivity contribution < 1.29 is 5.11 Å². The van der Waals surface area contributed by atoms with Crippen LogP contribution in [0.5, 0.6) is 5.88 Å². The van der Waals surface area contributed by atoms with Gasteiger partial charge < -0.3 is 10.1 Å². The minimum atomic E-state index is 0.0759. The van der Waals surface area contributed by atoms with E-state index in [0.29, 0.717) is 11.3 Å². The van der Waals surface area contributed by atoms with Crippen LogP contribution in [-0.2, 0) is 7.05 Å². The normalized spacial score (nSPS) is 12.0. The van der Waals surface area contributed by atoms with E-state index in [2.05, 4.69) is 25.0 Å². The van der Waals surface area contributed by atoms with Crippen LogP contribution in [0.15, 0.2) is 48.0 Å². The number of aromatic nitrogens is 5. The number of H-pyrrole nitrogens is 1. The minimum absolute atomic E-state index is 0.0759. The van der Waals surface area contributed by atoms with E-state index < -0.39 is 0 Å². The third kappa shape index (κ3) is 2.73. The van der Waals surface area contributed by atoms with E-state index >= 15 is 0 Å². The van der Waals surface area contributed by atoms with Gasteiger partial charge in [-0.25, -0.2) is 4.99 Å². The lowest BCUT2D eigenvalue weighted by atomic mass is 10.1. The Morgan fingerprint density at radius 1 is 1.27 bits per heavy atom. The Balaban J connectivity index is 1.87. The van der Waals surface area contributed by atoms with Crippen molar-refractivity contribution in [1.82, 2.24) is 24.7 Å². The summed E-state index contributed by atoms with van der Waals surface area (Å²) in [6.07, 6.45) is 6.98. The Morgan fingerprint density at radius 2 is 2.12 bits per heavy atom. The second-order valence-corrected chi connectivity index (χ2v) is 6.17. The van der Waals surface area contributed by atoms with Crippen LogP contribution in [0.1, 0.15) is 18.2 Å². The molecule has 4 aromatic heterocycles. The van der Waals surface area contributed by atoms with Gasteiger partial charge in [0.05, 0.1) is 41.1 Å². The third-order valence-corrected chi connectivity index (χ3v) is 4.30. The summed E-state index contributed by atoms with van der Waals surface area (Å²) in [5.41, 5.74) is 5.51. The molecule has 0 aliphatic carbocycles. The smallest absolute Gasteiger partial charge is 0.198 e. The zero-order valence-corrected chi connectivity index (χ0v) is 14.7. The maximum absolute atomic E-state index is 10.4. The molecular weight excluding hydrogens is 328 g/mol. The number of aliphatic imine (C=N–C) groups is 1. The summed E-state index contributed by atoms with van der Waals surface area (Å²) in [6, 6.07) is 5.82. The number of aromatic hydroxyl groups is 1. The van der Waals surface area contributed by atoms with Crippen LogP contribution >= 0.6 is 0 Å². The summed E-state index contributed by atoms with van der Waals surface area (Å²) < 4.78 is 1.69. The van der Waals surface area contributed by atoms with Gasteiger partial charge in [0, 0.05) is 29.9 Å². The first-order valence-corrected chi connectivity index (χ1v) is 8.20. The number of hydrogen-bond donors (Lipinski definition) is 2. The summed E-state index contributed by atoms with van der Waals surface area (Å²) >= 11 is 0. The first kappa shape index (κ1) is 16.0. The second-order valence-electron chi connectivity index (χ2n) is 6.17. The summed E-state index contributed by atoms with van der Waals surface area (Å²) in [5, 5.41) is 15.4. The zero-order valence-electron chi connectivity index (χ0n) is 14.7. The molecule has 0 atom stereocenters. The Labute approximate surface area is 150 Å². The molecule has 0 amide bonds. The Kier molecular flexibility index (Phi) is 3.76. The molecule has 0 radical (unpaired) electrons. The first-order chi connectivity index (χ1) is 12.5. The molecule has 4 rings (SSSR count). The molecule has 0 saturated carbocycles. The molecule has 4 heterocycles. The second kappa shape index (κ2) is 6.11. The lowest BCUT2D eigenvalue weighted by molar-refractivity contribution is 0.457. The van der Waals surface area contributed by atoms with Gasteiger partial charge in [-0.2, -0.15) is 5.10 Å². The molecule has 2 N–H and O–H groups in total. The average molecular weight is 346 g/mol. The Bertz CT molecular complexity index is 1140. The number of aryl methyl sites for hydroxylation is 2. The molecule has 0 aromatic carbocycles. The first-order valence-electron chi connectivity index (χ1n) is 8.20. The van der Waals surface area contributed by atoms with Crippen molar-refractivity contribution in [3.63, 3.8) is 0 Å². The van der Waals surface area contributed by atoms with Gasteiger partial charge in [0.25, 0.3) is 0 Å². The van der Waals surface area contributed by atoms with E-state index in [1.165, 1.54) is 0 Å². The largest absolute Gasteiger partial charge is 0.494 e. The minimum Gasteiger partial charge on any atom is -0.494 e. The fraction of sp³-hybridized carbons (Fsp3) is 0.158. The molecule has 0 spiro atoms. The van der Waals surface area contributed by atoms with E-state index in [9.17, 15) is 5.11 Å². The maximum atomic E-state index is 10.4. The summed E-state index contributed by atoms with van der Waals surface area (Å²) in [4.78, 5) is 16.4. The van der Waals surface area contributed by atoms with Crippen molar-refractivity contribution in [2.24, 2.45) is 12.0 Å². The lowest BCUT2D eigenvalue weighted by Gasteiger charge is -2.05. The predicted octanol–water partition coefficient (Wildman–Crippen LogP) is 3.51. The highest BCUT2D eigenvalue weighted by molar-refractivity contribution is 6.13. The van der Waals surface area contributed by atoms with Crippen LogP contribution in [0, 0.1) is 6.92 Å². The molecule has 0 saturated heterocycles. The molecule has 0 unspecified atom stereocenters. The summed E-state index contributed by atoms with van der Waals surface area (Å²) in [6.45, 7) is 3.82. The van der Waals surface area contributed by atoms with Crippen molar-refractivity contribution in [2.45, 2.75) is 13.8 Å². The maximum Gasteiger partial charge on any atom is 0.198 e. The number of aromatic amines is 1. The van der Waals surface area contributed by atoms with Crippen LogP contribution in [0.25, 0.3) is 22.2 Å². The van der Waals surface area contributed by atoms with Crippen molar-refractivity contribution in [3.05, 3.63) is 54.2 Å². The van der Waals surface area contributed by atoms with Gasteiger partial charge >= 0.3 is 0 Å². The fourth-order valence-electron chi connectivity index (χ4n) is 3.06. The monoisotopic (exact) mass is 346 g/mol. The van der Waals surface area contributed by atoms with Crippen LogP contribution < -0.4 is 0 Å². The molecule has 26 heavy (non-hydrogen) atoms.